The number of hydrogen-bond donors (Lipinski definition) is 0. The molecule has 0 spiro atoms. The van der Waals surface area contributed by atoms with E-state index in [0.29, 0.717) is 19.6 Å². The van der Waals surface area contributed by atoms with Crippen LogP contribution in [-0.2, 0) is 14.3 Å². The first kappa shape index (κ1) is 10.9. The first-order chi connectivity index (χ1) is 7.36. The average molecular weight is 213 g/mol. The van der Waals surface area contributed by atoms with E-state index in [0.717, 1.165) is 32.5 Å². The summed E-state index contributed by atoms with van der Waals surface area (Å²) in [6, 6.07) is 0. The Labute approximate surface area is 90.5 Å². The van der Waals surface area contributed by atoms with E-state index in [1.807, 2.05) is 4.90 Å². The Kier molecular flexibility index (Phi) is 3.97. The summed E-state index contributed by atoms with van der Waals surface area (Å²) < 4.78 is 10.8. The number of rotatable bonds is 2. The van der Waals surface area contributed by atoms with E-state index in [2.05, 4.69) is 0 Å². The second kappa shape index (κ2) is 5.47. The number of hydrogen-bond acceptors (Lipinski definition) is 3. The lowest BCUT2D eigenvalue weighted by Crippen LogP contribution is -2.42. The van der Waals surface area contributed by atoms with Gasteiger partial charge in [-0.25, -0.2) is 0 Å². The second-order valence-electron chi connectivity index (χ2n) is 4.19. The quantitative estimate of drug-likeness (QED) is 0.681. The molecule has 1 atom stereocenters. The molecule has 4 heteroatoms. The van der Waals surface area contributed by atoms with E-state index < -0.39 is 0 Å². The number of carbonyl (C=O) groups is 1. The van der Waals surface area contributed by atoms with Crippen LogP contribution in [0.2, 0.25) is 0 Å². The number of amides is 1. The van der Waals surface area contributed by atoms with Gasteiger partial charge in [-0.3, -0.25) is 4.79 Å². The van der Waals surface area contributed by atoms with Crippen molar-refractivity contribution in [3.63, 3.8) is 0 Å². The maximum atomic E-state index is 11.9. The van der Waals surface area contributed by atoms with Gasteiger partial charge in [-0.2, -0.15) is 0 Å². The highest BCUT2D eigenvalue weighted by molar-refractivity contribution is 5.76. The molecule has 1 unspecified atom stereocenters. The fourth-order valence-corrected chi connectivity index (χ4v) is 2.11. The maximum Gasteiger partial charge on any atom is 0.225 e. The van der Waals surface area contributed by atoms with Crippen molar-refractivity contribution in [2.45, 2.75) is 31.8 Å². The summed E-state index contributed by atoms with van der Waals surface area (Å²) in [6.07, 6.45) is 4.09. The standard InChI is InChI=1S/C11H19NO3/c13-11(12-4-7-14-8-5-12)9-10-3-1-2-6-15-10/h10H,1-9H2. The molecule has 0 saturated carbocycles. The summed E-state index contributed by atoms with van der Waals surface area (Å²) >= 11 is 0. The number of morpholine rings is 1. The van der Waals surface area contributed by atoms with Crippen LogP contribution in [0.4, 0.5) is 0 Å². The predicted molar refractivity (Wildman–Crippen MR) is 55.6 cm³/mol. The summed E-state index contributed by atoms with van der Waals surface area (Å²) in [5.74, 6) is 0.227. The lowest BCUT2D eigenvalue weighted by atomic mass is 10.1. The minimum atomic E-state index is 0.161. The van der Waals surface area contributed by atoms with Crippen molar-refractivity contribution in [1.29, 1.82) is 0 Å². The Balaban J connectivity index is 1.74. The molecule has 0 aromatic rings. The summed E-state index contributed by atoms with van der Waals surface area (Å²) in [5, 5.41) is 0. The van der Waals surface area contributed by atoms with Crippen molar-refractivity contribution >= 4 is 5.91 Å². The smallest absolute Gasteiger partial charge is 0.225 e. The van der Waals surface area contributed by atoms with Crippen LogP contribution in [0.15, 0.2) is 0 Å². The number of ether oxygens (including phenoxy) is 2. The van der Waals surface area contributed by atoms with Crippen LogP contribution in [0.3, 0.4) is 0 Å². The van der Waals surface area contributed by atoms with E-state index in [4.69, 9.17) is 9.47 Å². The Bertz CT molecular complexity index is 208. The average Bonchev–Trinajstić information content (AvgIpc) is 2.31. The molecular formula is C11H19NO3. The molecule has 0 aromatic heterocycles. The molecule has 0 radical (unpaired) electrons. The van der Waals surface area contributed by atoms with Gasteiger partial charge in [-0.05, 0) is 19.3 Å². The Morgan fingerprint density at radius 3 is 2.67 bits per heavy atom. The Hall–Kier alpha value is -0.610. The van der Waals surface area contributed by atoms with Crippen molar-refractivity contribution in [3.05, 3.63) is 0 Å². The summed E-state index contributed by atoms with van der Waals surface area (Å²) in [4.78, 5) is 13.7. The van der Waals surface area contributed by atoms with Crippen molar-refractivity contribution in [2.24, 2.45) is 0 Å². The van der Waals surface area contributed by atoms with Gasteiger partial charge in [-0.15, -0.1) is 0 Å². The van der Waals surface area contributed by atoms with Crippen LogP contribution < -0.4 is 0 Å². The molecule has 2 fully saturated rings. The van der Waals surface area contributed by atoms with Crippen LogP contribution >= 0.6 is 0 Å². The SMILES string of the molecule is O=C(CC1CCCCO1)N1CCOCC1. The highest BCUT2D eigenvalue weighted by atomic mass is 16.5. The van der Waals surface area contributed by atoms with Crippen LogP contribution in [0, 0.1) is 0 Å². The molecule has 2 saturated heterocycles. The molecule has 15 heavy (non-hydrogen) atoms. The fraction of sp³-hybridized carbons (Fsp3) is 0.909. The Morgan fingerprint density at radius 1 is 1.20 bits per heavy atom. The third kappa shape index (κ3) is 3.18. The molecule has 2 aliphatic rings. The lowest BCUT2D eigenvalue weighted by Gasteiger charge is -2.29. The molecule has 4 nitrogen and oxygen atoms in total. The van der Waals surface area contributed by atoms with Crippen LogP contribution in [0.1, 0.15) is 25.7 Å². The molecule has 0 aliphatic carbocycles. The van der Waals surface area contributed by atoms with Gasteiger partial charge in [-0.1, -0.05) is 0 Å². The van der Waals surface area contributed by atoms with Crippen molar-refractivity contribution < 1.29 is 14.3 Å². The maximum absolute atomic E-state index is 11.9. The molecule has 1 amide bonds. The summed E-state index contributed by atoms with van der Waals surface area (Å²) in [7, 11) is 0. The molecule has 2 heterocycles. The normalized spacial score (nSPS) is 27.7. The van der Waals surface area contributed by atoms with Crippen molar-refractivity contribution in [3.8, 4) is 0 Å². The first-order valence-corrected chi connectivity index (χ1v) is 5.83. The second-order valence-corrected chi connectivity index (χ2v) is 4.19. The highest BCUT2D eigenvalue weighted by Crippen LogP contribution is 2.16. The van der Waals surface area contributed by atoms with Crippen molar-refractivity contribution in [1.82, 2.24) is 4.90 Å². The first-order valence-electron chi connectivity index (χ1n) is 5.83. The number of carbonyl (C=O) groups excluding carboxylic acids is 1. The molecule has 0 aromatic carbocycles. The van der Waals surface area contributed by atoms with Gasteiger partial charge in [0.15, 0.2) is 0 Å². The van der Waals surface area contributed by atoms with E-state index in [-0.39, 0.29) is 12.0 Å². The van der Waals surface area contributed by atoms with Gasteiger partial charge >= 0.3 is 0 Å². The van der Waals surface area contributed by atoms with Gasteiger partial charge in [0.1, 0.15) is 0 Å². The van der Waals surface area contributed by atoms with E-state index >= 15 is 0 Å². The zero-order chi connectivity index (χ0) is 10.5. The van der Waals surface area contributed by atoms with E-state index in [1.165, 1.54) is 6.42 Å². The van der Waals surface area contributed by atoms with E-state index in [1.54, 1.807) is 0 Å². The molecule has 2 aliphatic heterocycles. The predicted octanol–water partition coefficient (Wildman–Crippen LogP) is 0.804. The van der Waals surface area contributed by atoms with Crippen LogP contribution in [0.25, 0.3) is 0 Å². The third-order valence-corrected chi connectivity index (χ3v) is 3.04. The molecule has 0 N–H and O–H groups in total. The highest BCUT2D eigenvalue weighted by Gasteiger charge is 2.22. The zero-order valence-corrected chi connectivity index (χ0v) is 9.11. The van der Waals surface area contributed by atoms with Crippen molar-refractivity contribution in [2.75, 3.05) is 32.9 Å². The van der Waals surface area contributed by atoms with Gasteiger partial charge < -0.3 is 14.4 Å². The van der Waals surface area contributed by atoms with Gasteiger partial charge in [0.05, 0.1) is 25.7 Å². The zero-order valence-electron chi connectivity index (χ0n) is 9.11. The van der Waals surface area contributed by atoms with Crippen LogP contribution in [0.5, 0.6) is 0 Å². The fourth-order valence-electron chi connectivity index (χ4n) is 2.11. The third-order valence-electron chi connectivity index (χ3n) is 3.04. The summed E-state index contributed by atoms with van der Waals surface area (Å²) in [5.41, 5.74) is 0. The molecule has 0 bridgehead atoms. The topological polar surface area (TPSA) is 38.8 Å². The van der Waals surface area contributed by atoms with Gasteiger partial charge in [0.2, 0.25) is 5.91 Å². The molecular weight excluding hydrogens is 194 g/mol. The molecule has 86 valence electrons. The largest absolute Gasteiger partial charge is 0.378 e. The van der Waals surface area contributed by atoms with Gasteiger partial charge in [0, 0.05) is 19.7 Å². The lowest BCUT2D eigenvalue weighted by molar-refractivity contribution is -0.139. The minimum absolute atomic E-state index is 0.161. The Morgan fingerprint density at radius 2 is 2.00 bits per heavy atom. The molecule has 2 rings (SSSR count). The van der Waals surface area contributed by atoms with E-state index in [9.17, 15) is 4.79 Å². The van der Waals surface area contributed by atoms with Crippen LogP contribution in [-0.4, -0.2) is 49.8 Å². The number of nitrogens with zero attached hydrogens (tertiary/aromatic N) is 1. The minimum Gasteiger partial charge on any atom is -0.378 e. The van der Waals surface area contributed by atoms with Gasteiger partial charge in [0.25, 0.3) is 0 Å². The summed E-state index contributed by atoms with van der Waals surface area (Å²) in [6.45, 7) is 3.66. The monoisotopic (exact) mass is 213 g/mol.